The molecule has 3 rings (SSSR count). The molecule has 0 aliphatic carbocycles. The number of anilines is 2. The Morgan fingerprint density at radius 1 is 1.24 bits per heavy atom. The highest BCUT2D eigenvalue weighted by Crippen LogP contribution is 2.31. The zero-order valence-electron chi connectivity index (χ0n) is 13.0. The van der Waals surface area contributed by atoms with E-state index in [1.165, 1.54) is 30.7 Å². The van der Waals surface area contributed by atoms with Crippen LogP contribution in [0.25, 0.3) is 0 Å². The molecule has 1 N–H and O–H groups in total. The van der Waals surface area contributed by atoms with Gasteiger partial charge in [-0.05, 0) is 25.1 Å². The molecule has 25 heavy (non-hydrogen) atoms. The van der Waals surface area contributed by atoms with Crippen LogP contribution in [0.4, 0.5) is 10.9 Å². The third kappa shape index (κ3) is 4.06. The van der Waals surface area contributed by atoms with Gasteiger partial charge in [-0.2, -0.15) is 0 Å². The summed E-state index contributed by atoms with van der Waals surface area (Å²) in [6, 6.07) is 7.88. The molecule has 2 aromatic heterocycles. The largest absolute Gasteiger partial charge is 0.494 e. The molecule has 0 atom stereocenters. The second-order valence-electron chi connectivity index (χ2n) is 4.75. The Kier molecular flexibility index (Phi) is 5.16. The van der Waals surface area contributed by atoms with Crippen LogP contribution >= 0.6 is 22.9 Å². The quantitative estimate of drug-likeness (QED) is 0.636. The Morgan fingerprint density at radius 3 is 2.84 bits per heavy atom. The molecule has 0 fully saturated rings. The Morgan fingerprint density at radius 2 is 2.08 bits per heavy atom. The number of nitrogens with zero attached hydrogens (tertiary/aromatic N) is 3. The molecule has 0 unspecified atom stereocenters. The minimum atomic E-state index is -3.68. The fraction of sp³-hybridized carbons (Fsp3) is 0.133. The van der Waals surface area contributed by atoms with Gasteiger partial charge in [0.25, 0.3) is 0 Å². The van der Waals surface area contributed by atoms with E-state index in [2.05, 4.69) is 20.3 Å². The number of rotatable bonds is 6. The minimum Gasteiger partial charge on any atom is -0.494 e. The first kappa shape index (κ1) is 17.6. The van der Waals surface area contributed by atoms with E-state index >= 15 is 0 Å². The molecule has 0 saturated carbocycles. The molecular weight excluding hydrogens is 384 g/mol. The van der Waals surface area contributed by atoms with Crippen molar-refractivity contribution >= 4 is 43.7 Å². The summed E-state index contributed by atoms with van der Waals surface area (Å²) in [5.41, 5.74) is 0. The summed E-state index contributed by atoms with van der Waals surface area (Å²) in [5, 5.41) is 3.56. The van der Waals surface area contributed by atoms with E-state index in [1.54, 1.807) is 12.1 Å². The maximum Gasteiger partial charge on any atom is 0.217 e. The Hall–Kier alpha value is -2.23. The summed E-state index contributed by atoms with van der Waals surface area (Å²) in [4.78, 5) is 12.0. The van der Waals surface area contributed by atoms with Gasteiger partial charge in [-0.25, -0.2) is 23.4 Å². The predicted octanol–water partition coefficient (Wildman–Crippen LogP) is 3.56. The van der Waals surface area contributed by atoms with Crippen molar-refractivity contribution in [1.82, 2.24) is 15.0 Å². The van der Waals surface area contributed by atoms with Crippen LogP contribution in [0, 0.1) is 0 Å². The average Bonchev–Trinajstić information content (AvgIpc) is 3.05. The fourth-order valence-corrected chi connectivity index (χ4v) is 4.59. The normalized spacial score (nSPS) is 11.3. The topological polar surface area (TPSA) is 94.1 Å². The molecule has 2 heterocycles. The smallest absolute Gasteiger partial charge is 0.217 e. The van der Waals surface area contributed by atoms with E-state index in [0.29, 0.717) is 23.3 Å². The SMILES string of the molecule is CCOc1cccc(S(=O)(=O)c2cnc(Nc3cc(Cl)ncn3)s2)c1. The van der Waals surface area contributed by atoms with Gasteiger partial charge in [0.15, 0.2) is 5.13 Å². The third-order valence-electron chi connectivity index (χ3n) is 3.04. The molecule has 1 aromatic carbocycles. The van der Waals surface area contributed by atoms with Crippen LogP contribution in [-0.2, 0) is 9.84 Å². The summed E-state index contributed by atoms with van der Waals surface area (Å²) in [6.07, 6.45) is 2.60. The lowest BCUT2D eigenvalue weighted by Gasteiger charge is -2.05. The van der Waals surface area contributed by atoms with E-state index in [4.69, 9.17) is 16.3 Å². The van der Waals surface area contributed by atoms with E-state index in [-0.39, 0.29) is 14.3 Å². The number of thiazole rings is 1. The first-order chi connectivity index (χ1) is 12.0. The number of hydrogen-bond donors (Lipinski definition) is 1. The van der Waals surface area contributed by atoms with Crippen LogP contribution < -0.4 is 10.1 Å². The molecule has 0 saturated heterocycles. The minimum absolute atomic E-state index is 0.115. The number of ether oxygens (including phenoxy) is 1. The van der Waals surface area contributed by atoms with Crippen LogP contribution in [0.1, 0.15) is 6.92 Å². The van der Waals surface area contributed by atoms with Gasteiger partial charge in [-0.15, -0.1) is 0 Å². The van der Waals surface area contributed by atoms with Gasteiger partial charge in [0, 0.05) is 6.07 Å². The standard InChI is InChI=1S/C15H13ClN4O3S2/c1-2-23-10-4-3-5-11(6-10)25(21,22)14-8-17-15(24-14)20-13-7-12(16)18-9-19-13/h3-9H,2H2,1H3,(H,17,18,19,20). The van der Waals surface area contributed by atoms with Crippen molar-refractivity contribution < 1.29 is 13.2 Å². The van der Waals surface area contributed by atoms with Crippen LogP contribution in [0.3, 0.4) is 0 Å². The van der Waals surface area contributed by atoms with Crippen LogP contribution in [-0.4, -0.2) is 30.0 Å². The molecule has 0 aliphatic heterocycles. The molecule has 0 bridgehead atoms. The lowest BCUT2D eigenvalue weighted by atomic mass is 10.3. The van der Waals surface area contributed by atoms with E-state index < -0.39 is 9.84 Å². The van der Waals surface area contributed by atoms with Gasteiger partial charge in [-0.1, -0.05) is 29.0 Å². The number of benzene rings is 1. The average molecular weight is 397 g/mol. The van der Waals surface area contributed by atoms with Crippen LogP contribution in [0.15, 0.2) is 52.0 Å². The van der Waals surface area contributed by atoms with E-state index in [1.807, 2.05) is 6.92 Å². The van der Waals surface area contributed by atoms with Crippen molar-refractivity contribution in [3.63, 3.8) is 0 Å². The first-order valence-corrected chi connectivity index (χ1v) is 9.85. The maximum atomic E-state index is 12.8. The molecule has 0 spiro atoms. The lowest BCUT2D eigenvalue weighted by Crippen LogP contribution is -2.00. The summed E-state index contributed by atoms with van der Waals surface area (Å²) >= 11 is 6.79. The molecule has 3 aromatic rings. The summed E-state index contributed by atoms with van der Waals surface area (Å²) in [5.74, 6) is 0.929. The van der Waals surface area contributed by atoms with Gasteiger partial charge < -0.3 is 10.1 Å². The monoisotopic (exact) mass is 396 g/mol. The second kappa shape index (κ2) is 7.34. The van der Waals surface area contributed by atoms with E-state index in [9.17, 15) is 8.42 Å². The molecule has 7 nitrogen and oxygen atoms in total. The highest BCUT2D eigenvalue weighted by molar-refractivity contribution is 7.93. The number of sulfone groups is 1. The predicted molar refractivity (Wildman–Crippen MR) is 95.5 cm³/mol. The highest BCUT2D eigenvalue weighted by Gasteiger charge is 2.21. The molecule has 130 valence electrons. The molecule has 0 amide bonds. The van der Waals surface area contributed by atoms with Crippen molar-refractivity contribution in [2.45, 2.75) is 16.0 Å². The summed E-state index contributed by atoms with van der Waals surface area (Å²) < 4.78 is 31.0. The van der Waals surface area contributed by atoms with Crippen molar-refractivity contribution in [1.29, 1.82) is 0 Å². The molecule has 0 radical (unpaired) electrons. The second-order valence-corrected chi connectivity index (χ2v) is 8.34. The van der Waals surface area contributed by atoms with Gasteiger partial charge in [-0.3, -0.25) is 0 Å². The summed E-state index contributed by atoms with van der Waals surface area (Å²) in [6.45, 7) is 2.29. The highest BCUT2D eigenvalue weighted by atomic mass is 35.5. The Balaban J connectivity index is 1.86. The number of aromatic nitrogens is 3. The fourth-order valence-electron chi connectivity index (χ4n) is 1.97. The van der Waals surface area contributed by atoms with Gasteiger partial charge in [0.1, 0.15) is 27.3 Å². The third-order valence-corrected chi connectivity index (χ3v) is 6.38. The molecule has 10 heteroatoms. The van der Waals surface area contributed by atoms with Crippen molar-refractivity contribution in [2.75, 3.05) is 11.9 Å². The van der Waals surface area contributed by atoms with Crippen LogP contribution in [0.5, 0.6) is 5.75 Å². The molecule has 0 aliphatic rings. The van der Waals surface area contributed by atoms with Gasteiger partial charge in [0.2, 0.25) is 9.84 Å². The Labute approximate surface area is 153 Å². The summed E-state index contributed by atoms with van der Waals surface area (Å²) in [7, 11) is -3.68. The number of hydrogen-bond acceptors (Lipinski definition) is 8. The van der Waals surface area contributed by atoms with Crippen molar-refractivity contribution in [3.8, 4) is 5.75 Å². The number of halogens is 1. The zero-order chi connectivity index (χ0) is 17.9. The van der Waals surface area contributed by atoms with Crippen molar-refractivity contribution in [3.05, 3.63) is 48.0 Å². The van der Waals surface area contributed by atoms with E-state index in [0.717, 1.165) is 11.3 Å². The van der Waals surface area contributed by atoms with Crippen molar-refractivity contribution in [2.24, 2.45) is 0 Å². The maximum absolute atomic E-state index is 12.8. The zero-order valence-corrected chi connectivity index (χ0v) is 15.4. The van der Waals surface area contributed by atoms with Gasteiger partial charge >= 0.3 is 0 Å². The van der Waals surface area contributed by atoms with Crippen LogP contribution in [0.2, 0.25) is 5.15 Å². The lowest BCUT2D eigenvalue weighted by molar-refractivity contribution is 0.339. The number of nitrogens with one attached hydrogen (secondary N) is 1. The first-order valence-electron chi connectivity index (χ1n) is 7.17. The van der Waals surface area contributed by atoms with Gasteiger partial charge in [0.05, 0.1) is 17.7 Å². The Bertz CT molecular complexity index is 992. The molecular formula is C15H13ClN4O3S2.